The number of hydrogen-bond acceptors (Lipinski definition) is 3. The van der Waals surface area contributed by atoms with Crippen LogP contribution in [-0.4, -0.2) is 27.1 Å². The van der Waals surface area contributed by atoms with Gasteiger partial charge in [-0.05, 0) is 12.5 Å². The lowest BCUT2D eigenvalue weighted by Gasteiger charge is -2.22. The van der Waals surface area contributed by atoms with Crippen LogP contribution < -0.4 is 5.32 Å². The number of nitrogens with zero attached hydrogens (tertiary/aromatic N) is 3. The van der Waals surface area contributed by atoms with Crippen LogP contribution in [0.1, 0.15) is 24.2 Å². The number of rotatable bonds is 4. The molecule has 5 heteroatoms. The Balaban J connectivity index is 1.79. The molecule has 1 amide bonds. The van der Waals surface area contributed by atoms with Gasteiger partial charge >= 0.3 is 0 Å². The van der Waals surface area contributed by atoms with Crippen LogP contribution in [-0.2, 0) is 17.9 Å². The number of carbonyl (C=O) groups is 1. The second-order valence-electron chi connectivity index (χ2n) is 4.99. The third kappa shape index (κ3) is 2.58. The van der Waals surface area contributed by atoms with Gasteiger partial charge in [-0.15, -0.1) is 0 Å². The van der Waals surface area contributed by atoms with Crippen molar-refractivity contribution in [2.45, 2.75) is 26.2 Å². The Bertz CT molecular complexity index is 593. The molecule has 1 saturated heterocycles. The minimum Gasteiger partial charge on any atom is -0.335 e. The summed E-state index contributed by atoms with van der Waals surface area (Å²) in [7, 11) is 0. The van der Waals surface area contributed by atoms with E-state index < -0.39 is 0 Å². The molecule has 0 spiro atoms. The van der Waals surface area contributed by atoms with Gasteiger partial charge in [0.25, 0.3) is 0 Å². The van der Waals surface area contributed by atoms with Crippen LogP contribution in [0.5, 0.6) is 0 Å². The van der Waals surface area contributed by atoms with E-state index in [2.05, 4.69) is 27.4 Å². The molecule has 1 aliphatic rings. The molecule has 1 N–H and O–H groups in total. The van der Waals surface area contributed by atoms with Crippen molar-refractivity contribution in [3.8, 4) is 0 Å². The SMILES string of the molecule is CCn1cc(C2NC(=O)CN2Cc2ccccc2)cn1. The van der Waals surface area contributed by atoms with Gasteiger partial charge in [0.05, 0.1) is 12.7 Å². The molecular weight excluding hydrogens is 252 g/mol. The fraction of sp³-hybridized carbons (Fsp3) is 0.333. The molecule has 1 aromatic carbocycles. The predicted octanol–water partition coefficient (Wildman–Crippen LogP) is 1.53. The first-order valence-corrected chi connectivity index (χ1v) is 6.86. The molecule has 3 rings (SSSR count). The zero-order valence-corrected chi connectivity index (χ0v) is 11.5. The standard InChI is InChI=1S/C15H18N4O/c1-2-19-10-13(8-16-19)15-17-14(20)11-18(15)9-12-6-4-3-5-7-12/h3-8,10,15H,2,9,11H2,1H3,(H,17,20). The van der Waals surface area contributed by atoms with Crippen LogP contribution in [0, 0.1) is 0 Å². The molecule has 0 saturated carbocycles. The molecule has 1 unspecified atom stereocenters. The van der Waals surface area contributed by atoms with Crippen LogP contribution >= 0.6 is 0 Å². The van der Waals surface area contributed by atoms with Crippen molar-refractivity contribution < 1.29 is 4.79 Å². The molecule has 1 fully saturated rings. The molecule has 1 atom stereocenters. The maximum Gasteiger partial charge on any atom is 0.235 e. The molecule has 20 heavy (non-hydrogen) atoms. The highest BCUT2D eigenvalue weighted by atomic mass is 16.2. The van der Waals surface area contributed by atoms with E-state index in [4.69, 9.17) is 0 Å². The lowest BCUT2D eigenvalue weighted by Crippen LogP contribution is -2.27. The van der Waals surface area contributed by atoms with E-state index in [9.17, 15) is 4.79 Å². The molecule has 104 valence electrons. The van der Waals surface area contributed by atoms with Crippen LogP contribution in [0.25, 0.3) is 0 Å². The Morgan fingerprint density at radius 2 is 2.15 bits per heavy atom. The highest BCUT2D eigenvalue weighted by Crippen LogP contribution is 2.23. The zero-order valence-electron chi connectivity index (χ0n) is 11.5. The minimum absolute atomic E-state index is 0.0650. The van der Waals surface area contributed by atoms with E-state index in [1.165, 1.54) is 5.56 Å². The quantitative estimate of drug-likeness (QED) is 0.916. The largest absolute Gasteiger partial charge is 0.335 e. The van der Waals surface area contributed by atoms with Crippen molar-refractivity contribution >= 4 is 5.91 Å². The van der Waals surface area contributed by atoms with Crippen LogP contribution in [0.15, 0.2) is 42.7 Å². The molecule has 0 radical (unpaired) electrons. The van der Waals surface area contributed by atoms with Gasteiger partial charge in [-0.25, -0.2) is 0 Å². The summed E-state index contributed by atoms with van der Waals surface area (Å²) in [5.41, 5.74) is 2.24. The van der Waals surface area contributed by atoms with Crippen molar-refractivity contribution in [1.82, 2.24) is 20.0 Å². The van der Waals surface area contributed by atoms with Gasteiger partial charge in [0.1, 0.15) is 6.17 Å². The first-order valence-electron chi connectivity index (χ1n) is 6.86. The highest BCUT2D eigenvalue weighted by molar-refractivity contribution is 5.80. The molecule has 1 aromatic heterocycles. The fourth-order valence-corrected chi connectivity index (χ4v) is 2.52. The zero-order chi connectivity index (χ0) is 13.9. The Morgan fingerprint density at radius 3 is 2.85 bits per heavy atom. The van der Waals surface area contributed by atoms with E-state index in [1.807, 2.05) is 42.2 Å². The number of nitrogens with one attached hydrogen (secondary N) is 1. The Morgan fingerprint density at radius 1 is 1.35 bits per heavy atom. The van der Waals surface area contributed by atoms with Gasteiger partial charge in [0.15, 0.2) is 0 Å². The lowest BCUT2D eigenvalue weighted by molar-refractivity contribution is -0.118. The van der Waals surface area contributed by atoms with Gasteiger partial charge in [0, 0.05) is 24.8 Å². The average Bonchev–Trinajstić information content (AvgIpc) is 3.06. The number of benzene rings is 1. The van der Waals surface area contributed by atoms with E-state index in [0.717, 1.165) is 18.7 Å². The van der Waals surface area contributed by atoms with Crippen LogP contribution in [0.4, 0.5) is 0 Å². The Hall–Kier alpha value is -2.14. The van der Waals surface area contributed by atoms with E-state index in [0.29, 0.717) is 6.54 Å². The Labute approximate surface area is 118 Å². The summed E-state index contributed by atoms with van der Waals surface area (Å²) in [6.07, 6.45) is 3.74. The molecule has 0 bridgehead atoms. The molecule has 0 aliphatic carbocycles. The summed E-state index contributed by atoms with van der Waals surface area (Å²) in [6.45, 7) is 4.06. The van der Waals surface area contributed by atoms with Crippen molar-refractivity contribution in [3.05, 3.63) is 53.9 Å². The van der Waals surface area contributed by atoms with Gasteiger partial charge in [-0.1, -0.05) is 30.3 Å². The Kier molecular flexibility index (Phi) is 3.52. The van der Waals surface area contributed by atoms with Crippen molar-refractivity contribution in [2.24, 2.45) is 0 Å². The number of amides is 1. The molecule has 1 aliphatic heterocycles. The predicted molar refractivity (Wildman–Crippen MR) is 75.6 cm³/mol. The van der Waals surface area contributed by atoms with Crippen LogP contribution in [0.3, 0.4) is 0 Å². The van der Waals surface area contributed by atoms with Gasteiger partial charge in [-0.2, -0.15) is 5.10 Å². The summed E-state index contributed by atoms with van der Waals surface area (Å²) in [5, 5.41) is 7.30. The summed E-state index contributed by atoms with van der Waals surface area (Å²) in [4.78, 5) is 13.9. The second-order valence-corrected chi connectivity index (χ2v) is 4.99. The maximum absolute atomic E-state index is 11.7. The third-order valence-electron chi connectivity index (χ3n) is 3.53. The van der Waals surface area contributed by atoms with Gasteiger partial charge in [0.2, 0.25) is 5.91 Å². The number of aryl methyl sites for hydroxylation is 1. The second kappa shape index (κ2) is 5.46. The number of carbonyl (C=O) groups excluding carboxylic acids is 1. The number of aromatic nitrogens is 2. The molecular formula is C15H18N4O. The highest BCUT2D eigenvalue weighted by Gasteiger charge is 2.31. The van der Waals surface area contributed by atoms with E-state index in [1.54, 1.807) is 0 Å². The maximum atomic E-state index is 11.7. The summed E-state index contributed by atoms with van der Waals surface area (Å²) in [6, 6.07) is 10.2. The normalized spacial score (nSPS) is 19.2. The van der Waals surface area contributed by atoms with Crippen molar-refractivity contribution in [3.63, 3.8) is 0 Å². The lowest BCUT2D eigenvalue weighted by atomic mass is 10.2. The van der Waals surface area contributed by atoms with Crippen LogP contribution in [0.2, 0.25) is 0 Å². The molecule has 2 aromatic rings. The first-order chi connectivity index (χ1) is 9.76. The van der Waals surface area contributed by atoms with Gasteiger partial charge < -0.3 is 5.32 Å². The third-order valence-corrected chi connectivity index (χ3v) is 3.53. The van der Waals surface area contributed by atoms with E-state index >= 15 is 0 Å². The minimum atomic E-state index is -0.0805. The van der Waals surface area contributed by atoms with Gasteiger partial charge in [-0.3, -0.25) is 14.4 Å². The monoisotopic (exact) mass is 270 g/mol. The topological polar surface area (TPSA) is 50.2 Å². The van der Waals surface area contributed by atoms with Crippen molar-refractivity contribution in [1.29, 1.82) is 0 Å². The summed E-state index contributed by atoms with van der Waals surface area (Å²) < 4.78 is 1.88. The molecule has 5 nitrogen and oxygen atoms in total. The van der Waals surface area contributed by atoms with Crippen molar-refractivity contribution in [2.75, 3.05) is 6.54 Å². The van der Waals surface area contributed by atoms with E-state index in [-0.39, 0.29) is 12.1 Å². The average molecular weight is 270 g/mol. The number of hydrogen-bond donors (Lipinski definition) is 1. The first kappa shape index (κ1) is 12.9. The fourth-order valence-electron chi connectivity index (χ4n) is 2.52. The smallest absolute Gasteiger partial charge is 0.235 e. The summed E-state index contributed by atoms with van der Waals surface area (Å²) in [5.74, 6) is 0.0650. The summed E-state index contributed by atoms with van der Waals surface area (Å²) >= 11 is 0. The molecule has 2 heterocycles.